The van der Waals surface area contributed by atoms with Crippen molar-refractivity contribution in [3.8, 4) is 5.75 Å². The topological polar surface area (TPSA) is 51.2 Å². The van der Waals surface area contributed by atoms with E-state index in [4.69, 9.17) is 4.74 Å². The predicted molar refractivity (Wildman–Crippen MR) is 60.7 cm³/mol. The molecule has 1 unspecified atom stereocenters. The molecule has 2 heterocycles. The Morgan fingerprint density at radius 1 is 1.62 bits per heavy atom. The number of aromatic nitrogens is 1. The second kappa shape index (κ2) is 5.07. The molecule has 2 rings (SSSR count). The summed E-state index contributed by atoms with van der Waals surface area (Å²) in [5, 5.41) is 3.19. The first kappa shape index (κ1) is 11.1. The maximum absolute atomic E-state index is 12.1. The minimum Gasteiger partial charge on any atom is -0.492 e. The van der Waals surface area contributed by atoms with Gasteiger partial charge in [0.2, 0.25) is 0 Å². The van der Waals surface area contributed by atoms with Crippen molar-refractivity contribution >= 4 is 5.78 Å². The number of nitrogens with one attached hydrogen (secondary N) is 1. The first-order chi connectivity index (χ1) is 7.81. The van der Waals surface area contributed by atoms with Crippen LogP contribution in [0.15, 0.2) is 18.5 Å². The number of nitrogens with zero attached hydrogens (tertiary/aromatic N) is 1. The number of pyridine rings is 1. The molecule has 1 aromatic rings. The quantitative estimate of drug-likeness (QED) is 0.776. The first-order valence-electron chi connectivity index (χ1n) is 5.64. The zero-order chi connectivity index (χ0) is 11.4. The highest BCUT2D eigenvalue weighted by Gasteiger charge is 2.23. The van der Waals surface area contributed by atoms with Crippen LogP contribution >= 0.6 is 0 Å². The van der Waals surface area contributed by atoms with Gasteiger partial charge in [-0.2, -0.15) is 0 Å². The number of rotatable bonds is 4. The third kappa shape index (κ3) is 2.39. The Morgan fingerprint density at radius 3 is 3.19 bits per heavy atom. The summed E-state index contributed by atoms with van der Waals surface area (Å²) >= 11 is 0. The van der Waals surface area contributed by atoms with E-state index >= 15 is 0 Å². The summed E-state index contributed by atoms with van der Waals surface area (Å²) in [6, 6.07) is 1.77. The Kier molecular flexibility index (Phi) is 3.51. The highest BCUT2D eigenvalue weighted by Crippen LogP contribution is 2.18. The van der Waals surface area contributed by atoms with Crippen LogP contribution in [0.4, 0.5) is 0 Å². The molecule has 1 fully saturated rings. The van der Waals surface area contributed by atoms with E-state index in [2.05, 4.69) is 10.3 Å². The van der Waals surface area contributed by atoms with Crippen molar-refractivity contribution in [2.75, 3.05) is 19.7 Å². The van der Waals surface area contributed by atoms with Crippen LogP contribution in [-0.2, 0) is 0 Å². The van der Waals surface area contributed by atoms with E-state index in [1.54, 1.807) is 18.5 Å². The molecule has 1 saturated heterocycles. The van der Waals surface area contributed by atoms with Gasteiger partial charge in [-0.1, -0.05) is 0 Å². The zero-order valence-electron chi connectivity index (χ0n) is 9.40. The molecule has 4 heteroatoms. The van der Waals surface area contributed by atoms with Crippen molar-refractivity contribution in [3.63, 3.8) is 0 Å². The van der Waals surface area contributed by atoms with E-state index < -0.39 is 0 Å². The molecule has 0 spiro atoms. The summed E-state index contributed by atoms with van der Waals surface area (Å²) < 4.78 is 5.33. The van der Waals surface area contributed by atoms with E-state index in [1.165, 1.54) is 0 Å². The normalized spacial score (nSPS) is 19.7. The number of ketones is 1. The Morgan fingerprint density at radius 2 is 2.50 bits per heavy atom. The molecular weight excluding hydrogens is 204 g/mol. The molecule has 86 valence electrons. The molecule has 4 nitrogen and oxygen atoms in total. The van der Waals surface area contributed by atoms with E-state index in [9.17, 15) is 4.79 Å². The number of carbonyl (C=O) groups is 1. The van der Waals surface area contributed by atoms with Gasteiger partial charge >= 0.3 is 0 Å². The fourth-order valence-corrected chi connectivity index (χ4v) is 1.91. The van der Waals surface area contributed by atoms with Gasteiger partial charge < -0.3 is 10.1 Å². The van der Waals surface area contributed by atoms with Crippen LogP contribution in [0, 0.1) is 5.92 Å². The average Bonchev–Trinajstić information content (AvgIpc) is 2.82. The summed E-state index contributed by atoms with van der Waals surface area (Å²) in [4.78, 5) is 16.1. The first-order valence-corrected chi connectivity index (χ1v) is 5.64. The standard InChI is InChI=1S/C12H16N2O2/c1-2-16-11-5-10(7-14-8-11)12(15)9-3-4-13-6-9/h5,7-9,13H,2-4,6H2,1H3. The molecule has 0 saturated carbocycles. The van der Waals surface area contributed by atoms with E-state index in [1.807, 2.05) is 6.92 Å². The Balaban J connectivity index is 2.12. The predicted octanol–water partition coefficient (Wildman–Crippen LogP) is 1.27. The lowest BCUT2D eigenvalue weighted by atomic mass is 9.98. The summed E-state index contributed by atoms with van der Waals surface area (Å²) in [6.45, 7) is 4.20. The van der Waals surface area contributed by atoms with Crippen LogP contribution in [0.3, 0.4) is 0 Å². The van der Waals surface area contributed by atoms with Crippen LogP contribution in [0.1, 0.15) is 23.7 Å². The number of carbonyl (C=O) groups excluding carboxylic acids is 1. The summed E-state index contributed by atoms with van der Waals surface area (Å²) in [6.07, 6.45) is 4.16. The molecule has 0 aromatic carbocycles. The summed E-state index contributed by atoms with van der Waals surface area (Å²) in [5.41, 5.74) is 0.652. The van der Waals surface area contributed by atoms with Crippen molar-refractivity contribution < 1.29 is 9.53 Å². The van der Waals surface area contributed by atoms with E-state index in [0.717, 1.165) is 19.5 Å². The van der Waals surface area contributed by atoms with Crippen LogP contribution in [-0.4, -0.2) is 30.5 Å². The smallest absolute Gasteiger partial charge is 0.168 e. The van der Waals surface area contributed by atoms with Crippen LogP contribution in [0.25, 0.3) is 0 Å². The molecule has 1 aromatic heterocycles. The van der Waals surface area contributed by atoms with Gasteiger partial charge in [-0.25, -0.2) is 0 Å². The monoisotopic (exact) mass is 220 g/mol. The van der Waals surface area contributed by atoms with Gasteiger partial charge in [-0.05, 0) is 26.0 Å². The molecule has 0 radical (unpaired) electrons. The Hall–Kier alpha value is -1.42. The molecule has 16 heavy (non-hydrogen) atoms. The van der Waals surface area contributed by atoms with E-state index in [0.29, 0.717) is 17.9 Å². The molecule has 1 aliphatic rings. The molecule has 1 N–H and O–H groups in total. The third-order valence-electron chi connectivity index (χ3n) is 2.74. The average molecular weight is 220 g/mol. The second-order valence-corrected chi connectivity index (χ2v) is 3.90. The molecular formula is C12H16N2O2. The van der Waals surface area contributed by atoms with Crippen LogP contribution in [0.5, 0.6) is 5.75 Å². The summed E-state index contributed by atoms with van der Waals surface area (Å²) in [5.74, 6) is 0.928. The lowest BCUT2D eigenvalue weighted by Crippen LogP contribution is -2.18. The fourth-order valence-electron chi connectivity index (χ4n) is 1.91. The largest absolute Gasteiger partial charge is 0.492 e. The van der Waals surface area contributed by atoms with Gasteiger partial charge in [-0.15, -0.1) is 0 Å². The van der Waals surface area contributed by atoms with Crippen molar-refractivity contribution in [2.45, 2.75) is 13.3 Å². The van der Waals surface area contributed by atoms with Crippen molar-refractivity contribution in [1.29, 1.82) is 0 Å². The maximum atomic E-state index is 12.1. The van der Waals surface area contributed by atoms with Crippen molar-refractivity contribution in [1.82, 2.24) is 10.3 Å². The highest BCUT2D eigenvalue weighted by molar-refractivity contribution is 5.98. The fraction of sp³-hybridized carbons (Fsp3) is 0.500. The van der Waals surface area contributed by atoms with Gasteiger partial charge in [0.25, 0.3) is 0 Å². The third-order valence-corrected chi connectivity index (χ3v) is 2.74. The molecule has 0 bridgehead atoms. The van der Waals surface area contributed by atoms with Gasteiger partial charge in [0, 0.05) is 24.2 Å². The summed E-state index contributed by atoms with van der Waals surface area (Å²) in [7, 11) is 0. The molecule has 0 amide bonds. The molecule has 0 aliphatic carbocycles. The number of hydrogen-bond acceptors (Lipinski definition) is 4. The zero-order valence-corrected chi connectivity index (χ0v) is 9.40. The molecule has 1 aliphatic heterocycles. The number of hydrogen-bond donors (Lipinski definition) is 1. The van der Waals surface area contributed by atoms with Crippen molar-refractivity contribution in [2.24, 2.45) is 5.92 Å². The van der Waals surface area contributed by atoms with Crippen LogP contribution < -0.4 is 10.1 Å². The maximum Gasteiger partial charge on any atom is 0.168 e. The SMILES string of the molecule is CCOc1cncc(C(=O)C2CCNC2)c1. The highest BCUT2D eigenvalue weighted by atomic mass is 16.5. The number of ether oxygens (including phenoxy) is 1. The molecule has 1 atom stereocenters. The number of Topliss-reactive ketones (excluding diaryl/α,β-unsaturated/α-hetero) is 1. The van der Waals surface area contributed by atoms with Gasteiger partial charge in [-0.3, -0.25) is 9.78 Å². The van der Waals surface area contributed by atoms with Gasteiger partial charge in [0.05, 0.1) is 12.8 Å². The lowest BCUT2D eigenvalue weighted by molar-refractivity contribution is 0.0929. The van der Waals surface area contributed by atoms with Gasteiger partial charge in [0.15, 0.2) is 5.78 Å². The lowest BCUT2D eigenvalue weighted by Gasteiger charge is -2.08. The van der Waals surface area contributed by atoms with Crippen LogP contribution in [0.2, 0.25) is 0 Å². The van der Waals surface area contributed by atoms with Crippen molar-refractivity contribution in [3.05, 3.63) is 24.0 Å². The van der Waals surface area contributed by atoms with Gasteiger partial charge in [0.1, 0.15) is 5.75 Å². The second-order valence-electron chi connectivity index (χ2n) is 3.90. The minimum atomic E-state index is 0.0960. The Bertz CT molecular complexity index is 373. The van der Waals surface area contributed by atoms with E-state index in [-0.39, 0.29) is 11.7 Å². The minimum absolute atomic E-state index is 0.0960. The Labute approximate surface area is 95.0 Å².